The Bertz CT molecular complexity index is 492. The molecule has 0 heterocycles. The average Bonchev–Trinajstić information content (AvgIpc) is 2.39. The minimum atomic E-state index is -0.186. The maximum atomic E-state index is 11.5. The van der Waals surface area contributed by atoms with Crippen LogP contribution in [0.15, 0.2) is 24.3 Å². The maximum Gasteiger partial charge on any atom is 0.238 e. The molecule has 1 aromatic rings. The molecule has 5 nitrogen and oxygen atoms in total. The highest BCUT2D eigenvalue weighted by atomic mass is 16.2. The molecule has 0 aliphatic heterocycles. The van der Waals surface area contributed by atoms with Crippen LogP contribution in [-0.2, 0) is 9.59 Å². The molecule has 19 heavy (non-hydrogen) atoms. The summed E-state index contributed by atoms with van der Waals surface area (Å²) in [7, 11) is 0. The predicted molar refractivity (Wildman–Crippen MR) is 75.7 cm³/mol. The van der Waals surface area contributed by atoms with E-state index in [0.29, 0.717) is 24.3 Å². The fourth-order valence-electron chi connectivity index (χ4n) is 1.38. The molecule has 3 N–H and O–H groups in total. The highest BCUT2D eigenvalue weighted by molar-refractivity contribution is 5.94. The summed E-state index contributed by atoms with van der Waals surface area (Å²) in [6.07, 6.45) is 5.47. The maximum absolute atomic E-state index is 11.5. The smallest absolute Gasteiger partial charge is 0.238 e. The molecule has 5 heteroatoms. The summed E-state index contributed by atoms with van der Waals surface area (Å²) >= 11 is 0. The third-order valence-corrected chi connectivity index (χ3v) is 2.26. The molecule has 0 aromatic heterocycles. The Morgan fingerprint density at radius 3 is 2.42 bits per heavy atom. The fraction of sp³-hybridized carbons (Fsp3) is 0.286. The largest absolute Gasteiger partial charge is 0.326 e. The minimum Gasteiger partial charge on any atom is -0.326 e. The zero-order valence-electron chi connectivity index (χ0n) is 10.8. The lowest BCUT2D eigenvalue weighted by molar-refractivity contribution is -0.116. The quantitative estimate of drug-likeness (QED) is 0.531. The Kier molecular flexibility index (Phi) is 6.13. The summed E-state index contributed by atoms with van der Waals surface area (Å²) in [6.45, 7) is 2.27. The summed E-state index contributed by atoms with van der Waals surface area (Å²) < 4.78 is 0. The van der Waals surface area contributed by atoms with Gasteiger partial charge in [-0.2, -0.15) is 0 Å². The van der Waals surface area contributed by atoms with E-state index in [4.69, 9.17) is 6.42 Å². The van der Waals surface area contributed by atoms with E-state index in [1.54, 1.807) is 31.2 Å². The first-order valence-electron chi connectivity index (χ1n) is 5.99. The van der Waals surface area contributed by atoms with Crippen LogP contribution in [0.25, 0.3) is 0 Å². The normalized spacial score (nSPS) is 9.47. The summed E-state index contributed by atoms with van der Waals surface area (Å²) in [6, 6.07) is 6.98. The molecular weight excluding hydrogens is 242 g/mol. The van der Waals surface area contributed by atoms with Crippen LogP contribution < -0.4 is 16.0 Å². The monoisotopic (exact) mass is 259 g/mol. The van der Waals surface area contributed by atoms with Crippen LogP contribution in [0.1, 0.15) is 13.3 Å². The van der Waals surface area contributed by atoms with Crippen LogP contribution in [0, 0.1) is 12.3 Å². The van der Waals surface area contributed by atoms with Crippen molar-refractivity contribution in [3.63, 3.8) is 0 Å². The third kappa shape index (κ3) is 5.70. The van der Waals surface area contributed by atoms with Crippen molar-refractivity contribution in [2.24, 2.45) is 0 Å². The third-order valence-electron chi connectivity index (χ3n) is 2.26. The first-order chi connectivity index (χ1) is 9.15. The fourth-order valence-corrected chi connectivity index (χ4v) is 1.38. The summed E-state index contributed by atoms with van der Waals surface area (Å²) in [5.41, 5.74) is 1.28. The van der Waals surface area contributed by atoms with Crippen LogP contribution in [-0.4, -0.2) is 24.9 Å². The SMILES string of the molecule is C#CCNCC(=O)Nc1cccc(NC(=O)CC)c1. The van der Waals surface area contributed by atoms with Crippen LogP contribution in [0.2, 0.25) is 0 Å². The lowest BCUT2D eigenvalue weighted by atomic mass is 10.2. The number of hydrogen-bond acceptors (Lipinski definition) is 3. The molecule has 0 atom stereocenters. The molecule has 100 valence electrons. The minimum absolute atomic E-state index is 0.0702. The molecule has 0 saturated carbocycles. The molecule has 0 bridgehead atoms. The van der Waals surface area contributed by atoms with E-state index >= 15 is 0 Å². The molecule has 0 spiro atoms. The number of rotatable bonds is 6. The van der Waals surface area contributed by atoms with E-state index < -0.39 is 0 Å². The van der Waals surface area contributed by atoms with E-state index in [2.05, 4.69) is 21.9 Å². The van der Waals surface area contributed by atoms with Gasteiger partial charge in [-0.1, -0.05) is 18.9 Å². The number of terminal acetylenes is 1. The van der Waals surface area contributed by atoms with Crippen molar-refractivity contribution in [1.82, 2.24) is 5.32 Å². The Balaban J connectivity index is 2.54. The van der Waals surface area contributed by atoms with Crippen molar-refractivity contribution < 1.29 is 9.59 Å². The molecule has 0 aliphatic carbocycles. The second-order valence-corrected chi connectivity index (χ2v) is 3.84. The van der Waals surface area contributed by atoms with E-state index in [1.807, 2.05) is 0 Å². The van der Waals surface area contributed by atoms with Crippen LogP contribution in [0.5, 0.6) is 0 Å². The van der Waals surface area contributed by atoms with Gasteiger partial charge < -0.3 is 10.6 Å². The molecule has 0 saturated heterocycles. The van der Waals surface area contributed by atoms with Gasteiger partial charge >= 0.3 is 0 Å². The molecule has 0 radical (unpaired) electrons. The molecular formula is C14H17N3O2. The zero-order valence-corrected chi connectivity index (χ0v) is 10.8. The van der Waals surface area contributed by atoms with Crippen molar-refractivity contribution in [2.75, 3.05) is 23.7 Å². The van der Waals surface area contributed by atoms with Gasteiger partial charge in [0.05, 0.1) is 13.1 Å². The van der Waals surface area contributed by atoms with Crippen molar-refractivity contribution in [3.05, 3.63) is 24.3 Å². The average molecular weight is 259 g/mol. The number of hydrogen-bond donors (Lipinski definition) is 3. The van der Waals surface area contributed by atoms with Gasteiger partial charge in [0.2, 0.25) is 11.8 Å². The van der Waals surface area contributed by atoms with Crippen molar-refractivity contribution in [1.29, 1.82) is 0 Å². The van der Waals surface area contributed by atoms with E-state index in [9.17, 15) is 9.59 Å². The lowest BCUT2D eigenvalue weighted by Crippen LogP contribution is -2.28. The highest BCUT2D eigenvalue weighted by Crippen LogP contribution is 2.15. The standard InChI is InChI=1S/C14H17N3O2/c1-3-8-15-10-14(19)17-12-7-5-6-11(9-12)16-13(18)4-2/h1,5-7,9,15H,4,8,10H2,2H3,(H,16,18)(H,17,19). The molecule has 1 aromatic carbocycles. The Hall–Kier alpha value is -2.32. The lowest BCUT2D eigenvalue weighted by Gasteiger charge is -2.08. The van der Waals surface area contributed by atoms with Gasteiger partial charge in [-0.3, -0.25) is 14.9 Å². The second kappa shape index (κ2) is 7.90. The summed E-state index contributed by atoms with van der Waals surface area (Å²) in [5.74, 6) is 2.13. The zero-order chi connectivity index (χ0) is 14.1. The number of carbonyl (C=O) groups excluding carboxylic acids is 2. The molecule has 0 aliphatic rings. The van der Waals surface area contributed by atoms with Gasteiger partial charge in [0, 0.05) is 17.8 Å². The first kappa shape index (κ1) is 14.7. The summed E-state index contributed by atoms with van der Waals surface area (Å²) in [4.78, 5) is 22.8. The van der Waals surface area contributed by atoms with Gasteiger partial charge in [-0.15, -0.1) is 6.42 Å². The second-order valence-electron chi connectivity index (χ2n) is 3.84. The van der Waals surface area contributed by atoms with Crippen molar-refractivity contribution >= 4 is 23.2 Å². The highest BCUT2D eigenvalue weighted by Gasteiger charge is 2.03. The number of carbonyl (C=O) groups is 2. The molecule has 1 rings (SSSR count). The number of benzene rings is 1. The molecule has 0 fully saturated rings. The topological polar surface area (TPSA) is 70.2 Å². The first-order valence-corrected chi connectivity index (χ1v) is 5.99. The van der Waals surface area contributed by atoms with Gasteiger partial charge in [0.1, 0.15) is 0 Å². The van der Waals surface area contributed by atoms with Crippen LogP contribution in [0.4, 0.5) is 11.4 Å². The van der Waals surface area contributed by atoms with E-state index in [-0.39, 0.29) is 18.4 Å². The molecule has 0 unspecified atom stereocenters. The Labute approximate surface area is 112 Å². The van der Waals surface area contributed by atoms with Gasteiger partial charge in [0.25, 0.3) is 0 Å². The van der Waals surface area contributed by atoms with Crippen LogP contribution >= 0.6 is 0 Å². The van der Waals surface area contributed by atoms with E-state index in [1.165, 1.54) is 0 Å². The van der Waals surface area contributed by atoms with Crippen molar-refractivity contribution in [2.45, 2.75) is 13.3 Å². The predicted octanol–water partition coefficient (Wildman–Crippen LogP) is 1.20. The summed E-state index contributed by atoms with van der Waals surface area (Å²) in [5, 5.41) is 8.23. The van der Waals surface area contributed by atoms with Crippen LogP contribution in [0.3, 0.4) is 0 Å². The van der Waals surface area contributed by atoms with Crippen molar-refractivity contribution in [3.8, 4) is 12.3 Å². The number of anilines is 2. The Morgan fingerprint density at radius 2 is 1.84 bits per heavy atom. The number of amides is 2. The molecule has 2 amide bonds. The van der Waals surface area contributed by atoms with Gasteiger partial charge in [-0.05, 0) is 18.2 Å². The Morgan fingerprint density at radius 1 is 1.21 bits per heavy atom. The number of nitrogens with one attached hydrogen (secondary N) is 3. The van der Waals surface area contributed by atoms with Gasteiger partial charge in [0.15, 0.2) is 0 Å². The van der Waals surface area contributed by atoms with Gasteiger partial charge in [-0.25, -0.2) is 0 Å². The van der Waals surface area contributed by atoms with E-state index in [0.717, 1.165) is 0 Å².